The molecule has 0 radical (unpaired) electrons. The van der Waals surface area contributed by atoms with Crippen LogP contribution in [0.5, 0.6) is 0 Å². The average molecular weight is 400 g/mol. The van der Waals surface area contributed by atoms with Crippen molar-refractivity contribution in [1.82, 2.24) is 14.1 Å². The first-order valence-corrected chi connectivity index (χ1v) is 8.36. The molecule has 2 aliphatic rings. The lowest BCUT2D eigenvalue weighted by Crippen LogP contribution is -2.42. The third kappa shape index (κ3) is 1.48. The minimum absolute atomic E-state index is 0.0444. The Bertz CT molecular complexity index is 654. The van der Waals surface area contributed by atoms with Crippen molar-refractivity contribution in [3.63, 3.8) is 0 Å². The molecule has 1 fully saturated rings. The summed E-state index contributed by atoms with van der Waals surface area (Å²) in [5.41, 5.74) is 0.291. The third-order valence-electron chi connectivity index (χ3n) is 2.74. The number of fused-ring (bicyclic) bond motifs is 2. The van der Waals surface area contributed by atoms with Crippen molar-refractivity contribution >= 4 is 53.6 Å². The van der Waals surface area contributed by atoms with Crippen molar-refractivity contribution in [2.45, 2.75) is 11.1 Å². The second kappa shape index (κ2) is 3.94. The number of hydrogen-bond acceptors (Lipinski definition) is 5. The maximum Gasteiger partial charge on any atom is 0.307 e. The molecule has 0 saturated carbocycles. The highest BCUT2D eigenvalue weighted by atomic mass is 79.9. The quantitative estimate of drug-likeness (QED) is 0.659. The Morgan fingerprint density at radius 2 is 2.28 bits per heavy atom. The lowest BCUT2D eigenvalue weighted by atomic mass is 10.4. The van der Waals surface area contributed by atoms with Crippen molar-refractivity contribution in [2.75, 3.05) is 11.9 Å². The number of rotatable bonds is 1. The van der Waals surface area contributed by atoms with Crippen LogP contribution in [0.3, 0.4) is 0 Å². The molecule has 0 amide bonds. The highest BCUT2D eigenvalue weighted by Gasteiger charge is 2.47. The number of aliphatic imine (C=N–C) groups is 1. The molecule has 1 unspecified atom stereocenters. The molecule has 0 spiro atoms. The molecule has 1 saturated heterocycles. The van der Waals surface area contributed by atoms with Crippen molar-refractivity contribution in [2.24, 2.45) is 12.0 Å². The molecule has 7 nitrogen and oxygen atoms in total. The smallest absolute Gasteiger partial charge is 0.307 e. The van der Waals surface area contributed by atoms with Crippen LogP contribution in [-0.2, 0) is 21.8 Å². The maximum atomic E-state index is 12.5. The predicted octanol–water partition coefficient (Wildman–Crippen LogP) is 0.968. The first-order valence-electron chi connectivity index (χ1n) is 5.01. The minimum Gasteiger partial charge on any atom is -0.462 e. The first-order chi connectivity index (χ1) is 8.46. The van der Waals surface area contributed by atoms with Gasteiger partial charge in [-0.15, -0.1) is 0 Å². The highest BCUT2D eigenvalue weighted by Crippen LogP contribution is 2.40. The Hall–Kier alpha value is -0.610. The Balaban J connectivity index is 2.26. The minimum atomic E-state index is -3.70. The highest BCUT2D eigenvalue weighted by molar-refractivity contribution is 9.10. The average Bonchev–Trinajstić information content (AvgIpc) is 2.86. The number of halogens is 2. The van der Waals surface area contributed by atoms with Gasteiger partial charge < -0.3 is 4.74 Å². The van der Waals surface area contributed by atoms with Gasteiger partial charge in [-0.05, 0) is 15.9 Å². The fourth-order valence-electron chi connectivity index (χ4n) is 1.87. The van der Waals surface area contributed by atoms with E-state index in [-0.39, 0.29) is 23.7 Å². The van der Waals surface area contributed by atoms with E-state index in [0.29, 0.717) is 15.6 Å². The molecule has 0 bridgehead atoms. The second-order valence-corrected chi connectivity index (χ2v) is 7.01. The van der Waals surface area contributed by atoms with Gasteiger partial charge in [-0.3, -0.25) is 4.68 Å². The number of aromatic nitrogens is 2. The molecule has 1 atom stereocenters. The van der Waals surface area contributed by atoms with Crippen LogP contribution < -0.4 is 0 Å². The van der Waals surface area contributed by atoms with Crippen LogP contribution in [0.4, 0.5) is 5.69 Å². The van der Waals surface area contributed by atoms with Crippen molar-refractivity contribution in [1.29, 1.82) is 0 Å². The fourth-order valence-corrected chi connectivity index (χ4v) is 4.65. The number of ether oxygens (including phenoxy) is 1. The largest absolute Gasteiger partial charge is 0.462 e. The molecule has 0 aromatic carbocycles. The fraction of sp³-hybridized carbons (Fsp3) is 0.500. The molecular weight excluding hydrogens is 392 g/mol. The summed E-state index contributed by atoms with van der Waals surface area (Å²) in [5, 5.41) is 4.43. The second-order valence-electron chi connectivity index (χ2n) is 3.88. The summed E-state index contributed by atoms with van der Waals surface area (Å²) >= 11 is 6.54. The Morgan fingerprint density at radius 1 is 1.56 bits per heavy atom. The zero-order valence-electron chi connectivity index (χ0n) is 9.17. The summed E-state index contributed by atoms with van der Waals surface area (Å²) < 4.78 is 33.4. The molecule has 0 N–H and O–H groups in total. The van der Waals surface area contributed by atoms with Gasteiger partial charge in [0.05, 0.1) is 6.04 Å². The summed E-state index contributed by atoms with van der Waals surface area (Å²) in [5.74, 6) is 0. The molecule has 1 aromatic rings. The summed E-state index contributed by atoms with van der Waals surface area (Å²) in [6, 6.07) is -0.177. The van der Waals surface area contributed by atoms with Gasteiger partial charge in [0.15, 0.2) is 0 Å². The van der Waals surface area contributed by atoms with Crippen LogP contribution in [0.25, 0.3) is 0 Å². The first kappa shape index (κ1) is 12.4. The summed E-state index contributed by atoms with van der Waals surface area (Å²) in [7, 11) is -2.05. The van der Waals surface area contributed by atoms with Gasteiger partial charge in [-0.25, -0.2) is 4.31 Å². The molecule has 98 valence electrons. The van der Waals surface area contributed by atoms with Gasteiger partial charge >= 0.3 is 6.02 Å². The normalized spacial score (nSPS) is 24.3. The Labute approximate surface area is 120 Å². The standard InChI is InChI=1S/C8H8Br2N4O3S/c1-13-6(10)5-7(12-13)18(15,16)14-4(2-9)3-17-8(14)11-5/h4H,2-3H2,1H3. The Kier molecular flexibility index (Phi) is 2.72. The third-order valence-corrected chi connectivity index (χ3v) is 6.11. The van der Waals surface area contributed by atoms with E-state index in [9.17, 15) is 8.42 Å². The van der Waals surface area contributed by atoms with Gasteiger partial charge in [0.2, 0.25) is 5.03 Å². The molecule has 2 aliphatic heterocycles. The van der Waals surface area contributed by atoms with E-state index in [1.165, 1.54) is 8.99 Å². The van der Waals surface area contributed by atoms with Crippen LogP contribution >= 0.6 is 31.9 Å². The van der Waals surface area contributed by atoms with Crippen molar-refractivity contribution < 1.29 is 13.2 Å². The molecule has 3 rings (SSSR count). The van der Waals surface area contributed by atoms with Crippen LogP contribution in [-0.4, -0.2) is 46.5 Å². The van der Waals surface area contributed by atoms with Crippen LogP contribution in [0.15, 0.2) is 14.6 Å². The van der Waals surface area contributed by atoms with E-state index in [1.807, 2.05) is 0 Å². The number of amidine groups is 1. The number of aryl methyl sites for hydroxylation is 1. The van der Waals surface area contributed by atoms with E-state index in [0.717, 1.165) is 0 Å². The van der Waals surface area contributed by atoms with Gasteiger partial charge in [0.25, 0.3) is 10.0 Å². The molecule has 1 aromatic heterocycles. The van der Waals surface area contributed by atoms with Gasteiger partial charge in [0, 0.05) is 12.4 Å². The van der Waals surface area contributed by atoms with Crippen LogP contribution in [0.1, 0.15) is 0 Å². The van der Waals surface area contributed by atoms with Gasteiger partial charge in [0.1, 0.15) is 16.9 Å². The monoisotopic (exact) mass is 398 g/mol. The van der Waals surface area contributed by atoms with Gasteiger partial charge in [-0.1, -0.05) is 15.9 Å². The summed E-state index contributed by atoms with van der Waals surface area (Å²) in [6.45, 7) is 0.289. The summed E-state index contributed by atoms with van der Waals surface area (Å²) in [6.07, 6.45) is 0. The van der Waals surface area contributed by atoms with Crippen molar-refractivity contribution in [3.05, 3.63) is 4.60 Å². The van der Waals surface area contributed by atoms with E-state index < -0.39 is 10.0 Å². The molecule has 3 heterocycles. The zero-order chi connectivity index (χ0) is 13.1. The van der Waals surface area contributed by atoms with Gasteiger partial charge in [-0.2, -0.15) is 18.5 Å². The van der Waals surface area contributed by atoms with E-state index in [1.54, 1.807) is 7.05 Å². The predicted molar refractivity (Wildman–Crippen MR) is 70.6 cm³/mol. The van der Waals surface area contributed by atoms with Crippen LogP contribution in [0.2, 0.25) is 0 Å². The summed E-state index contributed by atoms with van der Waals surface area (Å²) in [4.78, 5) is 4.21. The SMILES string of the molecule is Cn1nc2c(c1Br)N=C1OCC(CBr)N1S2(=O)=O. The van der Waals surface area contributed by atoms with E-state index >= 15 is 0 Å². The Morgan fingerprint density at radius 3 is 2.94 bits per heavy atom. The molecule has 0 aliphatic carbocycles. The number of hydrogen-bond donors (Lipinski definition) is 0. The maximum absolute atomic E-state index is 12.5. The van der Waals surface area contributed by atoms with E-state index in [2.05, 4.69) is 42.0 Å². The number of nitrogens with zero attached hydrogens (tertiary/aromatic N) is 4. The topological polar surface area (TPSA) is 76.8 Å². The van der Waals surface area contributed by atoms with Crippen molar-refractivity contribution in [3.8, 4) is 0 Å². The molecular formula is C8H8Br2N4O3S. The van der Waals surface area contributed by atoms with Crippen LogP contribution in [0, 0.1) is 0 Å². The van der Waals surface area contributed by atoms with E-state index in [4.69, 9.17) is 4.74 Å². The zero-order valence-corrected chi connectivity index (χ0v) is 13.2. The number of sulfonamides is 1. The number of alkyl halides is 1. The molecule has 18 heavy (non-hydrogen) atoms. The lowest BCUT2D eigenvalue weighted by Gasteiger charge is -2.23. The lowest BCUT2D eigenvalue weighted by molar-refractivity contribution is 0.332. The molecule has 10 heteroatoms.